The third kappa shape index (κ3) is 2.82. The SMILES string of the molecule is Nc1cc(C(F)(F)F)c(CO)c(C(F)(F)F)c1. The summed E-state index contributed by atoms with van der Waals surface area (Å²) in [5.41, 5.74) is -0.0463. The molecule has 0 saturated carbocycles. The predicted molar refractivity (Wildman–Crippen MR) is 46.8 cm³/mol. The summed E-state index contributed by atoms with van der Waals surface area (Å²) in [4.78, 5) is 0. The molecule has 0 aliphatic rings. The van der Waals surface area contributed by atoms with Gasteiger partial charge in [0.25, 0.3) is 0 Å². The Labute approximate surface area is 91.7 Å². The van der Waals surface area contributed by atoms with Gasteiger partial charge in [0, 0.05) is 11.3 Å². The van der Waals surface area contributed by atoms with Crippen LogP contribution >= 0.6 is 0 Å². The normalized spacial score (nSPS) is 12.9. The highest BCUT2D eigenvalue weighted by Gasteiger charge is 2.40. The lowest BCUT2D eigenvalue weighted by Crippen LogP contribution is -2.17. The fourth-order valence-electron chi connectivity index (χ4n) is 1.37. The molecule has 1 aromatic carbocycles. The lowest BCUT2D eigenvalue weighted by atomic mass is 9.99. The first-order valence-electron chi connectivity index (χ1n) is 4.25. The zero-order chi connectivity index (χ0) is 13.4. The summed E-state index contributed by atoms with van der Waals surface area (Å²) in [6, 6.07) is 0.724. The molecule has 0 aromatic heterocycles. The van der Waals surface area contributed by atoms with Gasteiger partial charge >= 0.3 is 12.4 Å². The number of benzene rings is 1. The van der Waals surface area contributed by atoms with Crippen LogP contribution in [0.2, 0.25) is 0 Å². The Bertz CT molecular complexity index is 387. The number of anilines is 1. The molecule has 3 N–H and O–H groups in total. The van der Waals surface area contributed by atoms with Gasteiger partial charge in [-0.05, 0) is 12.1 Å². The molecule has 8 heteroatoms. The average Bonchev–Trinajstić information content (AvgIpc) is 2.13. The molecule has 0 atom stereocenters. The van der Waals surface area contributed by atoms with Crippen molar-refractivity contribution in [3.05, 3.63) is 28.8 Å². The Kier molecular flexibility index (Phi) is 3.28. The maximum absolute atomic E-state index is 12.4. The van der Waals surface area contributed by atoms with Crippen molar-refractivity contribution in [3.63, 3.8) is 0 Å². The number of rotatable bonds is 1. The van der Waals surface area contributed by atoms with Crippen LogP contribution in [0.25, 0.3) is 0 Å². The lowest BCUT2D eigenvalue weighted by Gasteiger charge is -2.18. The molecular formula is C9H7F6NO. The van der Waals surface area contributed by atoms with Crippen LogP contribution in [0.5, 0.6) is 0 Å². The Morgan fingerprint density at radius 3 is 1.53 bits per heavy atom. The van der Waals surface area contributed by atoms with E-state index in [9.17, 15) is 26.3 Å². The number of hydrogen-bond donors (Lipinski definition) is 2. The van der Waals surface area contributed by atoms with Gasteiger partial charge in [0.05, 0.1) is 17.7 Å². The predicted octanol–water partition coefficient (Wildman–Crippen LogP) is 2.80. The number of aliphatic hydroxyl groups is 1. The first-order valence-corrected chi connectivity index (χ1v) is 4.25. The van der Waals surface area contributed by atoms with Crippen molar-refractivity contribution in [1.82, 2.24) is 0 Å². The average molecular weight is 259 g/mol. The summed E-state index contributed by atoms with van der Waals surface area (Å²) in [5, 5.41) is 8.68. The van der Waals surface area contributed by atoms with E-state index in [-0.39, 0.29) is 0 Å². The van der Waals surface area contributed by atoms with Crippen LogP contribution in [-0.2, 0) is 19.0 Å². The van der Waals surface area contributed by atoms with E-state index in [1.54, 1.807) is 0 Å². The van der Waals surface area contributed by atoms with Crippen molar-refractivity contribution in [3.8, 4) is 0 Å². The van der Waals surface area contributed by atoms with Gasteiger partial charge in [-0.1, -0.05) is 0 Å². The lowest BCUT2D eigenvalue weighted by molar-refractivity contribution is -0.145. The molecule has 0 heterocycles. The van der Waals surface area contributed by atoms with Gasteiger partial charge in [0.2, 0.25) is 0 Å². The third-order valence-corrected chi connectivity index (χ3v) is 2.04. The molecule has 17 heavy (non-hydrogen) atoms. The number of nitrogens with two attached hydrogens (primary N) is 1. The van der Waals surface area contributed by atoms with Gasteiger partial charge in [-0.3, -0.25) is 0 Å². The van der Waals surface area contributed by atoms with Crippen LogP contribution in [0.1, 0.15) is 16.7 Å². The highest BCUT2D eigenvalue weighted by atomic mass is 19.4. The van der Waals surface area contributed by atoms with E-state index in [0.717, 1.165) is 0 Å². The molecule has 0 amide bonds. The van der Waals surface area contributed by atoms with Crippen molar-refractivity contribution in [2.24, 2.45) is 0 Å². The fourth-order valence-corrected chi connectivity index (χ4v) is 1.37. The van der Waals surface area contributed by atoms with Crippen molar-refractivity contribution < 1.29 is 31.4 Å². The number of halogens is 6. The van der Waals surface area contributed by atoms with E-state index in [2.05, 4.69) is 0 Å². The first-order chi connectivity index (χ1) is 7.57. The van der Waals surface area contributed by atoms with Crippen LogP contribution in [-0.4, -0.2) is 5.11 Å². The molecule has 0 aliphatic heterocycles. The molecule has 0 unspecified atom stereocenters. The topological polar surface area (TPSA) is 46.2 Å². The van der Waals surface area contributed by atoms with Crippen LogP contribution in [0.3, 0.4) is 0 Å². The third-order valence-electron chi connectivity index (χ3n) is 2.04. The van der Waals surface area contributed by atoms with E-state index in [1.165, 1.54) is 0 Å². The second kappa shape index (κ2) is 4.10. The van der Waals surface area contributed by atoms with Gasteiger partial charge < -0.3 is 10.8 Å². The van der Waals surface area contributed by atoms with Crippen molar-refractivity contribution in [1.29, 1.82) is 0 Å². The Balaban J connectivity index is 3.58. The van der Waals surface area contributed by atoms with Gasteiger partial charge in [0.1, 0.15) is 0 Å². The molecular weight excluding hydrogens is 252 g/mol. The molecule has 1 rings (SSSR count). The zero-order valence-corrected chi connectivity index (χ0v) is 8.15. The minimum atomic E-state index is -5.01. The van der Waals surface area contributed by atoms with Crippen LogP contribution in [0.15, 0.2) is 12.1 Å². The first kappa shape index (κ1) is 13.6. The summed E-state index contributed by atoms with van der Waals surface area (Å²) in [6.45, 7) is -1.37. The zero-order valence-electron chi connectivity index (χ0n) is 8.15. The monoisotopic (exact) mass is 259 g/mol. The number of nitrogen functional groups attached to an aromatic ring is 1. The van der Waals surface area contributed by atoms with Gasteiger partial charge in [-0.2, -0.15) is 26.3 Å². The number of hydrogen-bond acceptors (Lipinski definition) is 2. The van der Waals surface area contributed by atoms with Gasteiger partial charge in [0.15, 0.2) is 0 Å². The maximum atomic E-state index is 12.4. The van der Waals surface area contributed by atoms with Gasteiger partial charge in [-0.15, -0.1) is 0 Å². The second-order valence-corrected chi connectivity index (χ2v) is 3.25. The van der Waals surface area contributed by atoms with Crippen LogP contribution in [0.4, 0.5) is 32.0 Å². The minimum Gasteiger partial charge on any atom is -0.399 e. The van der Waals surface area contributed by atoms with Gasteiger partial charge in [-0.25, -0.2) is 0 Å². The molecule has 1 aromatic rings. The highest BCUT2D eigenvalue weighted by Crippen LogP contribution is 2.40. The number of aliphatic hydroxyl groups excluding tert-OH is 1. The molecule has 0 aliphatic carbocycles. The molecule has 96 valence electrons. The molecule has 2 nitrogen and oxygen atoms in total. The Morgan fingerprint density at radius 2 is 1.29 bits per heavy atom. The smallest absolute Gasteiger partial charge is 0.399 e. The summed E-state index contributed by atoms with van der Waals surface area (Å²) < 4.78 is 74.7. The molecule has 0 fully saturated rings. The van der Waals surface area contributed by atoms with Crippen LogP contribution < -0.4 is 5.73 Å². The standard InChI is InChI=1S/C9H7F6NO/c10-8(11,12)6-1-4(16)2-7(5(6)3-17)9(13,14)15/h1-2,17H,3,16H2. The van der Waals surface area contributed by atoms with E-state index in [0.29, 0.717) is 12.1 Å². The molecule has 0 radical (unpaired) electrons. The Hall–Kier alpha value is -1.44. The summed E-state index contributed by atoms with van der Waals surface area (Å²) in [6.07, 6.45) is -10.0. The summed E-state index contributed by atoms with van der Waals surface area (Å²) in [7, 11) is 0. The highest BCUT2D eigenvalue weighted by molar-refractivity contribution is 5.51. The van der Waals surface area contributed by atoms with E-state index in [1.807, 2.05) is 0 Å². The summed E-state index contributed by atoms with van der Waals surface area (Å²) >= 11 is 0. The van der Waals surface area contributed by atoms with Crippen molar-refractivity contribution in [2.75, 3.05) is 5.73 Å². The maximum Gasteiger partial charge on any atom is 0.416 e. The van der Waals surface area contributed by atoms with E-state index < -0.39 is 41.3 Å². The van der Waals surface area contributed by atoms with E-state index >= 15 is 0 Å². The van der Waals surface area contributed by atoms with Crippen molar-refractivity contribution >= 4 is 5.69 Å². The van der Waals surface area contributed by atoms with Crippen LogP contribution in [0, 0.1) is 0 Å². The quantitative estimate of drug-likeness (QED) is 0.601. The molecule has 0 bridgehead atoms. The van der Waals surface area contributed by atoms with Crippen molar-refractivity contribution in [2.45, 2.75) is 19.0 Å². The van der Waals surface area contributed by atoms with E-state index in [4.69, 9.17) is 10.8 Å². The Morgan fingerprint density at radius 1 is 0.941 bits per heavy atom. The fraction of sp³-hybridized carbons (Fsp3) is 0.333. The molecule has 0 spiro atoms. The summed E-state index contributed by atoms with van der Waals surface area (Å²) in [5.74, 6) is 0. The minimum absolute atomic E-state index is 0.362. The molecule has 0 saturated heterocycles. The number of alkyl halides is 6. The second-order valence-electron chi connectivity index (χ2n) is 3.25. The largest absolute Gasteiger partial charge is 0.416 e.